The van der Waals surface area contributed by atoms with Gasteiger partial charge in [-0.05, 0) is 36.4 Å². The van der Waals surface area contributed by atoms with Crippen molar-refractivity contribution in [3.05, 3.63) is 109 Å². The van der Waals surface area contributed by atoms with E-state index in [0.29, 0.717) is 16.3 Å². The predicted molar refractivity (Wildman–Crippen MR) is 139 cm³/mol. The number of benzene rings is 3. The molecule has 6 rings (SSSR count). The van der Waals surface area contributed by atoms with Crippen LogP contribution < -0.4 is 10.2 Å². The van der Waals surface area contributed by atoms with E-state index in [1.54, 1.807) is 54.7 Å². The molecule has 0 unspecified atom stereocenters. The zero-order valence-corrected chi connectivity index (χ0v) is 21.3. The number of nitrogens with zero attached hydrogens (tertiary/aromatic N) is 3. The largest absolute Gasteiger partial charge is 2.00 e. The van der Waals surface area contributed by atoms with E-state index in [1.807, 2.05) is 18.2 Å². The number of hydrogen-bond donors (Lipinski definition) is 3. The van der Waals surface area contributed by atoms with Crippen molar-refractivity contribution in [2.24, 2.45) is 0 Å². The standard InChI is InChI=1S/2C10H7NO3.C9H7NO.Cu/c2*12-8-3-1-2-6-4-5-7(10(13)14)11-9(6)8;11-8-5-1-3-7-4-2-6-10-9(7)8;/h2*1-5,12H,(H,13,14);1-6,11H;/q;;;+2/p-2. The molecule has 6 aromatic rings. The Balaban J connectivity index is 0.000000165. The molecule has 3 aromatic carbocycles. The Bertz CT molecular complexity index is 1730. The van der Waals surface area contributed by atoms with Gasteiger partial charge in [0.15, 0.2) is 0 Å². The van der Waals surface area contributed by atoms with Gasteiger partial charge >= 0.3 is 17.1 Å². The molecule has 0 aliphatic heterocycles. The zero-order chi connectivity index (χ0) is 27.9. The van der Waals surface area contributed by atoms with Crippen LogP contribution in [0.25, 0.3) is 32.7 Å². The van der Waals surface area contributed by atoms with Gasteiger partial charge in [0.1, 0.15) is 33.8 Å². The second-order valence-corrected chi connectivity index (χ2v) is 8.02. The Morgan fingerprint density at radius 3 is 1.30 bits per heavy atom. The third kappa shape index (κ3) is 6.79. The van der Waals surface area contributed by atoms with Crippen LogP contribution >= 0.6 is 0 Å². The van der Waals surface area contributed by atoms with Gasteiger partial charge in [0.05, 0.1) is 23.3 Å². The van der Waals surface area contributed by atoms with Crippen LogP contribution in [0.4, 0.5) is 0 Å². The van der Waals surface area contributed by atoms with Crippen molar-refractivity contribution in [1.82, 2.24) is 15.0 Å². The summed E-state index contributed by atoms with van der Waals surface area (Å²) in [6.45, 7) is 0. The number of para-hydroxylation sites is 3. The summed E-state index contributed by atoms with van der Waals surface area (Å²) < 4.78 is 0. The molecule has 0 fully saturated rings. The van der Waals surface area contributed by atoms with Gasteiger partial charge in [-0.15, -0.1) is 0 Å². The van der Waals surface area contributed by atoms with Crippen molar-refractivity contribution >= 4 is 44.6 Å². The molecule has 203 valence electrons. The zero-order valence-electron chi connectivity index (χ0n) is 20.4. The number of aromatic nitrogens is 3. The maximum absolute atomic E-state index is 10.5. The van der Waals surface area contributed by atoms with Crippen LogP contribution in [0, 0.1) is 0 Å². The molecule has 0 atom stereocenters. The average Bonchev–Trinajstić information content (AvgIpc) is 2.94. The smallest absolute Gasteiger partial charge is 0.543 e. The van der Waals surface area contributed by atoms with E-state index in [0.717, 1.165) is 5.39 Å². The topological polar surface area (TPSA) is 180 Å². The Hall–Kier alpha value is -5.25. The van der Waals surface area contributed by atoms with Crippen LogP contribution in [-0.4, -0.2) is 42.2 Å². The number of carboxylic acid groups (broad SMARTS) is 2. The minimum absolute atomic E-state index is 0. The number of pyridine rings is 3. The average molecular weight is 585 g/mol. The summed E-state index contributed by atoms with van der Waals surface area (Å²) in [6, 6.07) is 24.7. The van der Waals surface area contributed by atoms with Crippen molar-refractivity contribution < 1.29 is 52.2 Å². The van der Waals surface area contributed by atoms with Gasteiger partial charge in [0, 0.05) is 22.4 Å². The van der Waals surface area contributed by atoms with Gasteiger partial charge in [-0.2, -0.15) is 0 Å². The summed E-state index contributed by atoms with van der Waals surface area (Å²) in [6.07, 6.45) is 1.67. The molecule has 0 saturated carbocycles. The first kappa shape index (κ1) is 29.3. The van der Waals surface area contributed by atoms with Crippen LogP contribution in [0.3, 0.4) is 0 Å². The van der Waals surface area contributed by atoms with Crippen molar-refractivity contribution in [2.75, 3.05) is 0 Å². The van der Waals surface area contributed by atoms with Crippen molar-refractivity contribution in [3.63, 3.8) is 0 Å². The van der Waals surface area contributed by atoms with Gasteiger partial charge < -0.3 is 35.1 Å². The van der Waals surface area contributed by atoms with Crippen LogP contribution in [0.5, 0.6) is 17.2 Å². The van der Waals surface area contributed by atoms with Crippen molar-refractivity contribution in [1.29, 1.82) is 0 Å². The molecule has 3 heterocycles. The number of fused-ring (bicyclic) bond motifs is 3. The molecular formula is C29H19CuN3O7. The number of carboxylic acids is 2. The number of hydrogen-bond acceptors (Lipinski definition) is 10. The summed E-state index contributed by atoms with van der Waals surface area (Å²) in [7, 11) is 0. The fourth-order valence-corrected chi connectivity index (χ4v) is 3.58. The van der Waals surface area contributed by atoms with E-state index >= 15 is 0 Å². The van der Waals surface area contributed by atoms with Gasteiger partial charge in [0.2, 0.25) is 0 Å². The quantitative estimate of drug-likeness (QED) is 0.256. The van der Waals surface area contributed by atoms with Crippen LogP contribution in [0.2, 0.25) is 0 Å². The summed E-state index contributed by atoms with van der Waals surface area (Å²) in [4.78, 5) is 32.6. The number of carbonyl (C=O) groups excluding carboxylic acids is 2. The van der Waals surface area contributed by atoms with Crippen LogP contribution in [0.15, 0.2) is 97.2 Å². The molecule has 0 bridgehead atoms. The van der Waals surface area contributed by atoms with E-state index in [4.69, 9.17) is 0 Å². The third-order valence-corrected chi connectivity index (χ3v) is 5.43. The number of rotatable bonds is 2. The van der Waals surface area contributed by atoms with E-state index < -0.39 is 11.9 Å². The maximum Gasteiger partial charge on any atom is 2.00 e. The molecule has 10 nitrogen and oxygen atoms in total. The van der Waals surface area contributed by atoms with Gasteiger partial charge in [0.25, 0.3) is 0 Å². The molecule has 0 aliphatic carbocycles. The van der Waals surface area contributed by atoms with Crippen molar-refractivity contribution in [3.8, 4) is 17.2 Å². The van der Waals surface area contributed by atoms with Gasteiger partial charge in [-0.1, -0.05) is 54.6 Å². The Morgan fingerprint density at radius 2 is 0.900 bits per heavy atom. The number of phenolic OH excluding ortho intramolecular Hbond substituents is 3. The molecule has 11 heteroatoms. The number of aromatic hydroxyl groups is 3. The second kappa shape index (κ2) is 13.0. The second-order valence-electron chi connectivity index (χ2n) is 8.02. The molecule has 3 N–H and O–H groups in total. The van der Waals surface area contributed by atoms with E-state index in [-0.39, 0.29) is 56.7 Å². The van der Waals surface area contributed by atoms with Crippen molar-refractivity contribution in [2.45, 2.75) is 0 Å². The fourth-order valence-electron chi connectivity index (χ4n) is 3.58. The molecule has 0 amide bonds. The van der Waals surface area contributed by atoms with Crippen LogP contribution in [0.1, 0.15) is 21.0 Å². The molecule has 40 heavy (non-hydrogen) atoms. The minimum Gasteiger partial charge on any atom is -0.543 e. The van der Waals surface area contributed by atoms with Gasteiger partial charge in [-0.3, -0.25) is 4.98 Å². The number of aromatic carboxylic acids is 2. The van der Waals surface area contributed by atoms with E-state index in [2.05, 4.69) is 15.0 Å². The summed E-state index contributed by atoms with van der Waals surface area (Å²) >= 11 is 0. The Morgan fingerprint density at radius 1 is 0.525 bits per heavy atom. The Labute approximate surface area is 237 Å². The molecule has 0 saturated heterocycles. The first-order chi connectivity index (χ1) is 18.7. The number of carbonyl (C=O) groups is 2. The predicted octanol–water partition coefficient (Wildman–Crippen LogP) is 2.55. The first-order valence-corrected chi connectivity index (χ1v) is 11.4. The normalized spacial score (nSPS) is 10.0. The summed E-state index contributed by atoms with van der Waals surface area (Å²) in [5, 5.41) is 51.5. The van der Waals surface area contributed by atoms with E-state index in [9.17, 15) is 35.1 Å². The first-order valence-electron chi connectivity index (χ1n) is 11.4. The maximum atomic E-state index is 10.5. The monoisotopic (exact) mass is 584 g/mol. The fraction of sp³-hybridized carbons (Fsp3) is 0. The van der Waals surface area contributed by atoms with Crippen LogP contribution in [-0.2, 0) is 17.1 Å². The summed E-state index contributed by atoms with van der Waals surface area (Å²) in [5.74, 6) is -2.54. The number of phenols is 3. The van der Waals surface area contributed by atoms with E-state index in [1.165, 1.54) is 24.3 Å². The third-order valence-electron chi connectivity index (χ3n) is 5.43. The molecule has 0 aliphatic rings. The molecule has 3 aromatic heterocycles. The van der Waals surface area contributed by atoms with Gasteiger partial charge in [-0.25, -0.2) is 9.97 Å². The molecule has 0 spiro atoms. The Kier molecular flexibility index (Phi) is 9.53. The summed E-state index contributed by atoms with van der Waals surface area (Å²) in [5.41, 5.74) is 0.844. The molecular weight excluding hydrogens is 566 g/mol. The SMILES string of the molecule is O=C([O-])c1ccc2cccc(O)c2n1.O=C([O-])c1ccc2cccc(O)c2n1.Oc1cccc2cccnc12.[Cu+2]. The molecule has 1 radical (unpaired) electrons. The minimum atomic E-state index is -1.35.